The predicted molar refractivity (Wildman–Crippen MR) is 100.0 cm³/mol. The molecule has 3 rings (SSSR count). The molecular weight excluding hydrogens is 408 g/mol. The highest BCUT2D eigenvalue weighted by Gasteiger charge is 2.29. The van der Waals surface area contributed by atoms with Gasteiger partial charge in [-0.3, -0.25) is 4.67 Å². The second kappa shape index (κ2) is 7.73. The molecule has 0 spiro atoms. The summed E-state index contributed by atoms with van der Waals surface area (Å²) in [4.78, 5) is 0. The maximum Gasteiger partial charge on any atom is 0.151 e. The molecule has 116 valence electrons. The molecule has 3 atom stereocenters. The number of morpholine rings is 1. The fraction of sp³-hybridized carbons (Fsp3) is 0.294. The molecule has 3 nitrogen and oxygen atoms in total. The van der Waals surface area contributed by atoms with Gasteiger partial charge in [-0.2, -0.15) is 0 Å². The molecule has 0 bridgehead atoms. The van der Waals surface area contributed by atoms with Crippen LogP contribution in [0.2, 0.25) is 0 Å². The molecule has 0 aliphatic carbocycles. The van der Waals surface area contributed by atoms with E-state index in [0.717, 1.165) is 31.0 Å². The average molecular weight is 427 g/mol. The third-order valence-electron chi connectivity index (χ3n) is 3.67. The number of halogens is 1. The zero-order chi connectivity index (χ0) is 15.4. The first-order valence-corrected chi connectivity index (χ1v) is 8.90. The molecule has 5 heteroatoms. The summed E-state index contributed by atoms with van der Waals surface area (Å²) in [5.74, 6) is 0.874. The van der Waals surface area contributed by atoms with Gasteiger partial charge in [0, 0.05) is 16.7 Å². The zero-order valence-corrected chi connectivity index (χ0v) is 15.5. The van der Waals surface area contributed by atoms with Gasteiger partial charge in [0.25, 0.3) is 0 Å². The van der Waals surface area contributed by atoms with E-state index in [2.05, 4.69) is 60.9 Å². The molecule has 1 aliphatic heterocycles. The van der Waals surface area contributed by atoms with Crippen LogP contribution < -0.4 is 4.74 Å². The first-order chi connectivity index (χ1) is 10.7. The van der Waals surface area contributed by atoms with Crippen LogP contribution in [0.4, 0.5) is 0 Å². The fourth-order valence-corrected chi connectivity index (χ4v) is 3.21. The van der Waals surface area contributed by atoms with Gasteiger partial charge in [0.05, 0.1) is 6.61 Å². The van der Waals surface area contributed by atoms with Crippen molar-refractivity contribution in [1.29, 1.82) is 0 Å². The normalized spacial score (nSPS) is 20.5. The van der Waals surface area contributed by atoms with E-state index < -0.39 is 0 Å². The van der Waals surface area contributed by atoms with Gasteiger partial charge in [-0.15, -0.1) is 0 Å². The lowest BCUT2D eigenvalue weighted by Crippen LogP contribution is -2.42. The van der Waals surface area contributed by atoms with E-state index in [9.17, 15) is 0 Å². The number of hydrogen-bond donors (Lipinski definition) is 0. The van der Waals surface area contributed by atoms with E-state index in [0.29, 0.717) is 0 Å². The molecule has 0 aromatic heterocycles. The second-order valence-corrected chi connectivity index (χ2v) is 7.28. The third kappa shape index (κ3) is 4.19. The van der Waals surface area contributed by atoms with E-state index in [1.165, 1.54) is 3.57 Å². The lowest BCUT2D eigenvalue weighted by Gasteiger charge is -2.35. The van der Waals surface area contributed by atoms with Crippen molar-refractivity contribution in [3.8, 4) is 5.75 Å². The number of benzene rings is 2. The molecule has 0 N–H and O–H groups in total. The van der Waals surface area contributed by atoms with Crippen LogP contribution in [-0.4, -0.2) is 30.5 Å². The summed E-state index contributed by atoms with van der Waals surface area (Å²) in [6, 6.07) is 18.4. The first-order valence-electron chi connectivity index (χ1n) is 7.31. The van der Waals surface area contributed by atoms with Gasteiger partial charge in [0.2, 0.25) is 0 Å². The van der Waals surface area contributed by atoms with Crippen molar-refractivity contribution in [2.24, 2.45) is 0 Å². The molecule has 0 amide bonds. The summed E-state index contributed by atoms with van der Waals surface area (Å²) in [6.07, 6.45) is -0.0856. The molecule has 0 saturated carbocycles. The Morgan fingerprint density at radius 2 is 1.86 bits per heavy atom. The Labute approximate surface area is 147 Å². The van der Waals surface area contributed by atoms with Gasteiger partial charge >= 0.3 is 0 Å². The summed E-state index contributed by atoms with van der Waals surface area (Å²) in [5, 5.41) is 0. The number of hydrogen-bond acceptors (Lipinski definition) is 3. The lowest BCUT2D eigenvalue weighted by atomic mass is 10.0. The minimum absolute atomic E-state index is 0.0212. The van der Waals surface area contributed by atoms with Gasteiger partial charge < -0.3 is 9.47 Å². The van der Waals surface area contributed by atoms with Crippen LogP contribution in [0.1, 0.15) is 11.7 Å². The van der Waals surface area contributed by atoms with Crippen LogP contribution in [0.25, 0.3) is 0 Å². The lowest BCUT2D eigenvalue weighted by molar-refractivity contribution is -0.0619. The minimum atomic E-state index is -0.107. The maximum absolute atomic E-state index is 6.28. The van der Waals surface area contributed by atoms with Crippen LogP contribution >= 0.6 is 32.0 Å². The molecule has 0 radical (unpaired) electrons. The van der Waals surface area contributed by atoms with Gasteiger partial charge in [-0.05, 0) is 52.4 Å². The molecule has 1 aliphatic rings. The quantitative estimate of drug-likeness (QED) is 0.546. The third-order valence-corrected chi connectivity index (χ3v) is 4.86. The smallest absolute Gasteiger partial charge is 0.151 e. The predicted octanol–water partition coefficient (Wildman–Crippen LogP) is 3.90. The van der Waals surface area contributed by atoms with Gasteiger partial charge in [-0.25, -0.2) is 0 Å². The minimum Gasteiger partial charge on any atom is -0.483 e. The van der Waals surface area contributed by atoms with Crippen molar-refractivity contribution in [3.05, 3.63) is 63.7 Å². The van der Waals surface area contributed by atoms with Crippen molar-refractivity contribution in [2.45, 2.75) is 12.2 Å². The molecule has 1 heterocycles. The molecule has 1 saturated heterocycles. The average Bonchev–Trinajstić information content (AvgIpc) is 2.55. The number of ether oxygens (including phenoxy) is 2. The Morgan fingerprint density at radius 1 is 1.14 bits per heavy atom. The Balaban J connectivity index is 1.84. The van der Waals surface area contributed by atoms with Gasteiger partial charge in [-0.1, -0.05) is 39.7 Å². The molecule has 2 aromatic carbocycles. The van der Waals surface area contributed by atoms with Gasteiger partial charge in [0.1, 0.15) is 11.9 Å². The standard InChI is InChI=1S/C17H19INO2P/c18-14-6-8-15(9-7-14)21-17(13-4-2-1-3-5-13)16-12-19(22)10-11-20-16/h1-9,16-17H,10-12,22H2/t16?,17-/m0/s1. The fourth-order valence-electron chi connectivity index (χ4n) is 2.54. The molecule has 1 fully saturated rings. The van der Waals surface area contributed by atoms with Crippen LogP contribution in [0.5, 0.6) is 5.75 Å². The SMILES string of the molecule is PN1CCOC([C@@H](Oc2ccc(I)cc2)c2ccccc2)C1. The Kier molecular flexibility index (Phi) is 5.69. The number of rotatable bonds is 4. The summed E-state index contributed by atoms with van der Waals surface area (Å²) in [6.45, 7) is 2.51. The highest BCUT2D eigenvalue weighted by atomic mass is 127. The molecule has 22 heavy (non-hydrogen) atoms. The van der Waals surface area contributed by atoms with Crippen molar-refractivity contribution >= 4 is 32.0 Å². The summed E-state index contributed by atoms with van der Waals surface area (Å²) >= 11 is 2.30. The Bertz CT molecular complexity index is 593. The van der Waals surface area contributed by atoms with Crippen LogP contribution in [-0.2, 0) is 4.74 Å². The Morgan fingerprint density at radius 3 is 2.55 bits per heavy atom. The van der Waals surface area contributed by atoms with Crippen molar-refractivity contribution in [2.75, 3.05) is 19.7 Å². The van der Waals surface area contributed by atoms with Crippen molar-refractivity contribution in [3.63, 3.8) is 0 Å². The second-order valence-electron chi connectivity index (χ2n) is 5.31. The van der Waals surface area contributed by atoms with Crippen molar-refractivity contribution in [1.82, 2.24) is 4.67 Å². The van der Waals surface area contributed by atoms with Crippen LogP contribution in [0, 0.1) is 3.57 Å². The topological polar surface area (TPSA) is 21.7 Å². The maximum atomic E-state index is 6.28. The van der Waals surface area contributed by atoms with Crippen LogP contribution in [0.15, 0.2) is 54.6 Å². The highest BCUT2D eigenvalue weighted by Crippen LogP contribution is 2.29. The van der Waals surface area contributed by atoms with Crippen LogP contribution in [0.3, 0.4) is 0 Å². The molecule has 2 unspecified atom stereocenters. The van der Waals surface area contributed by atoms with E-state index in [-0.39, 0.29) is 12.2 Å². The monoisotopic (exact) mass is 427 g/mol. The largest absolute Gasteiger partial charge is 0.483 e. The highest BCUT2D eigenvalue weighted by molar-refractivity contribution is 14.1. The Hall–Kier alpha value is -0.680. The zero-order valence-electron chi connectivity index (χ0n) is 12.2. The molecule has 2 aromatic rings. The van der Waals surface area contributed by atoms with Crippen molar-refractivity contribution < 1.29 is 9.47 Å². The first kappa shape index (κ1) is 16.2. The van der Waals surface area contributed by atoms with E-state index in [4.69, 9.17) is 9.47 Å². The van der Waals surface area contributed by atoms with E-state index >= 15 is 0 Å². The van der Waals surface area contributed by atoms with E-state index in [1.807, 2.05) is 30.3 Å². The van der Waals surface area contributed by atoms with E-state index in [1.54, 1.807) is 0 Å². The molecular formula is C17H19INO2P. The number of nitrogens with zero attached hydrogens (tertiary/aromatic N) is 1. The summed E-state index contributed by atoms with van der Waals surface area (Å²) in [5.41, 5.74) is 1.14. The summed E-state index contributed by atoms with van der Waals surface area (Å²) in [7, 11) is 2.76. The van der Waals surface area contributed by atoms with Gasteiger partial charge in [0.15, 0.2) is 6.10 Å². The summed E-state index contributed by atoms with van der Waals surface area (Å²) < 4.78 is 15.7.